The van der Waals surface area contributed by atoms with Crippen molar-refractivity contribution in [3.8, 4) is 0 Å². The lowest BCUT2D eigenvalue weighted by Gasteiger charge is -1.99. The van der Waals surface area contributed by atoms with Gasteiger partial charge in [-0.2, -0.15) is 0 Å². The molecule has 0 fully saturated rings. The third-order valence-corrected chi connectivity index (χ3v) is 2.95. The summed E-state index contributed by atoms with van der Waals surface area (Å²) < 4.78 is 2.37. The van der Waals surface area contributed by atoms with E-state index in [0.717, 1.165) is 18.7 Å². The molecule has 2 aromatic rings. The second-order valence-electron chi connectivity index (χ2n) is 4.00. The third-order valence-electron chi connectivity index (χ3n) is 2.59. The summed E-state index contributed by atoms with van der Waals surface area (Å²) in [5.41, 5.74) is 2.62. The zero-order valence-electron chi connectivity index (χ0n) is 9.53. The summed E-state index contributed by atoms with van der Waals surface area (Å²) in [5.74, 6) is 0.952. The fraction of sp³-hybridized carbons (Fsp3) is 0.333. The molecule has 16 heavy (non-hydrogen) atoms. The highest BCUT2D eigenvalue weighted by Gasteiger charge is 2.00. The summed E-state index contributed by atoms with van der Waals surface area (Å²) >= 11 is 5.04. The molecule has 1 aromatic heterocycles. The maximum absolute atomic E-state index is 5.04. The maximum Gasteiger partial charge on any atom is 0.215 e. The minimum atomic E-state index is 0.610. The SMILES string of the molecule is Cc1ccc(CCc2nc(=S)n(C)[nH]2)cc1. The number of hydrogen-bond acceptors (Lipinski definition) is 2. The van der Waals surface area contributed by atoms with E-state index in [-0.39, 0.29) is 0 Å². The van der Waals surface area contributed by atoms with Gasteiger partial charge in [-0.15, -0.1) is 0 Å². The van der Waals surface area contributed by atoms with Gasteiger partial charge < -0.3 is 0 Å². The van der Waals surface area contributed by atoms with Crippen molar-refractivity contribution in [1.82, 2.24) is 14.8 Å². The molecule has 0 aliphatic carbocycles. The monoisotopic (exact) mass is 233 g/mol. The Kier molecular flexibility index (Phi) is 3.19. The first kappa shape index (κ1) is 11.1. The summed E-state index contributed by atoms with van der Waals surface area (Å²) in [6, 6.07) is 8.59. The van der Waals surface area contributed by atoms with Crippen LogP contribution in [0.3, 0.4) is 0 Å². The molecule has 0 aliphatic rings. The van der Waals surface area contributed by atoms with Crippen LogP contribution >= 0.6 is 12.2 Å². The molecule has 0 atom stereocenters. The van der Waals surface area contributed by atoms with Crippen molar-refractivity contribution in [2.24, 2.45) is 7.05 Å². The topological polar surface area (TPSA) is 33.6 Å². The second kappa shape index (κ2) is 4.61. The number of rotatable bonds is 3. The van der Waals surface area contributed by atoms with Crippen molar-refractivity contribution in [1.29, 1.82) is 0 Å². The van der Waals surface area contributed by atoms with Gasteiger partial charge in [-0.1, -0.05) is 29.8 Å². The molecule has 0 unspecified atom stereocenters. The quantitative estimate of drug-likeness (QED) is 0.827. The second-order valence-corrected chi connectivity index (χ2v) is 4.36. The fourth-order valence-corrected chi connectivity index (χ4v) is 1.74. The normalized spacial score (nSPS) is 10.6. The Balaban J connectivity index is 2.02. The van der Waals surface area contributed by atoms with E-state index < -0.39 is 0 Å². The van der Waals surface area contributed by atoms with Gasteiger partial charge in [0, 0.05) is 13.5 Å². The van der Waals surface area contributed by atoms with Crippen molar-refractivity contribution in [2.75, 3.05) is 0 Å². The number of hydrogen-bond donors (Lipinski definition) is 1. The molecule has 0 amide bonds. The number of aryl methyl sites for hydroxylation is 4. The molecule has 0 saturated carbocycles. The summed E-state index contributed by atoms with van der Waals surface area (Å²) in [6.07, 6.45) is 1.89. The lowest BCUT2D eigenvalue weighted by Crippen LogP contribution is -1.95. The molecule has 0 spiro atoms. The predicted molar refractivity (Wildman–Crippen MR) is 67.0 cm³/mol. The number of nitrogens with one attached hydrogen (secondary N) is 1. The van der Waals surface area contributed by atoms with Crippen molar-refractivity contribution in [3.63, 3.8) is 0 Å². The summed E-state index contributed by atoms with van der Waals surface area (Å²) in [6.45, 7) is 2.10. The summed E-state index contributed by atoms with van der Waals surface area (Å²) in [7, 11) is 1.88. The largest absolute Gasteiger partial charge is 0.283 e. The van der Waals surface area contributed by atoms with Crippen molar-refractivity contribution in [2.45, 2.75) is 19.8 Å². The van der Waals surface area contributed by atoms with Crippen LogP contribution in [0.1, 0.15) is 17.0 Å². The van der Waals surface area contributed by atoms with Crippen LogP contribution in [0.15, 0.2) is 24.3 Å². The Bertz CT molecular complexity index is 522. The smallest absolute Gasteiger partial charge is 0.215 e. The molecule has 0 aliphatic heterocycles. The molecular weight excluding hydrogens is 218 g/mol. The molecule has 0 saturated heterocycles. The molecule has 3 nitrogen and oxygen atoms in total. The average Bonchev–Trinajstić information content (AvgIpc) is 2.58. The minimum absolute atomic E-state index is 0.610. The Morgan fingerprint density at radius 3 is 2.50 bits per heavy atom. The summed E-state index contributed by atoms with van der Waals surface area (Å²) in [4.78, 5) is 4.27. The molecule has 1 N–H and O–H groups in total. The van der Waals surface area contributed by atoms with Gasteiger partial charge in [0.25, 0.3) is 0 Å². The van der Waals surface area contributed by atoms with Crippen LogP contribution in [0.25, 0.3) is 0 Å². The van der Waals surface area contributed by atoms with Gasteiger partial charge in [0.2, 0.25) is 4.77 Å². The molecule has 84 valence electrons. The van der Waals surface area contributed by atoms with Gasteiger partial charge >= 0.3 is 0 Å². The highest BCUT2D eigenvalue weighted by Crippen LogP contribution is 2.06. The molecule has 0 radical (unpaired) electrons. The standard InChI is InChI=1S/C12H15N3S/c1-9-3-5-10(6-4-9)7-8-11-13-12(16)15(2)14-11/h3-6H,7-8H2,1-2H3,(H,13,14,16). The van der Waals surface area contributed by atoms with Gasteiger partial charge in [0.1, 0.15) is 5.82 Å². The fourth-order valence-electron chi connectivity index (χ4n) is 1.59. The van der Waals surface area contributed by atoms with E-state index in [9.17, 15) is 0 Å². The Morgan fingerprint density at radius 2 is 1.94 bits per heavy atom. The first-order valence-electron chi connectivity index (χ1n) is 5.32. The molecule has 0 bridgehead atoms. The number of aromatic nitrogens is 3. The Morgan fingerprint density at radius 1 is 1.25 bits per heavy atom. The maximum atomic E-state index is 5.04. The van der Waals surface area contributed by atoms with Gasteiger partial charge in [0.15, 0.2) is 0 Å². The Hall–Kier alpha value is -1.42. The molecule has 1 aromatic carbocycles. The van der Waals surface area contributed by atoms with E-state index in [4.69, 9.17) is 12.2 Å². The van der Waals surface area contributed by atoms with Gasteiger partial charge in [-0.3, -0.25) is 9.78 Å². The van der Waals surface area contributed by atoms with Crippen LogP contribution < -0.4 is 0 Å². The van der Waals surface area contributed by atoms with E-state index in [1.165, 1.54) is 11.1 Å². The van der Waals surface area contributed by atoms with E-state index in [1.54, 1.807) is 4.68 Å². The van der Waals surface area contributed by atoms with Crippen molar-refractivity contribution < 1.29 is 0 Å². The molecule has 4 heteroatoms. The van der Waals surface area contributed by atoms with Gasteiger partial charge in [0.05, 0.1) is 0 Å². The number of H-pyrrole nitrogens is 1. The minimum Gasteiger partial charge on any atom is -0.283 e. The molecular formula is C12H15N3S. The van der Waals surface area contributed by atoms with Crippen LogP contribution in [0.5, 0.6) is 0 Å². The zero-order valence-corrected chi connectivity index (χ0v) is 10.3. The van der Waals surface area contributed by atoms with E-state index in [2.05, 4.69) is 41.3 Å². The average molecular weight is 233 g/mol. The molecule has 1 heterocycles. The third kappa shape index (κ3) is 2.58. The van der Waals surface area contributed by atoms with Crippen molar-refractivity contribution >= 4 is 12.2 Å². The van der Waals surface area contributed by atoms with Crippen LogP contribution in [0, 0.1) is 11.7 Å². The van der Waals surface area contributed by atoms with Gasteiger partial charge in [-0.25, -0.2) is 4.98 Å². The highest BCUT2D eigenvalue weighted by atomic mass is 32.1. The van der Waals surface area contributed by atoms with Crippen LogP contribution in [0.2, 0.25) is 0 Å². The predicted octanol–water partition coefficient (Wildman–Crippen LogP) is 2.57. The first-order valence-corrected chi connectivity index (χ1v) is 5.73. The first-order chi connectivity index (χ1) is 7.65. The highest BCUT2D eigenvalue weighted by molar-refractivity contribution is 7.71. The van der Waals surface area contributed by atoms with Crippen LogP contribution in [-0.2, 0) is 19.9 Å². The van der Waals surface area contributed by atoms with Gasteiger partial charge in [-0.05, 0) is 31.1 Å². The van der Waals surface area contributed by atoms with E-state index in [1.807, 2.05) is 7.05 Å². The number of benzene rings is 1. The molecule has 2 rings (SSSR count). The zero-order chi connectivity index (χ0) is 11.5. The lowest BCUT2D eigenvalue weighted by molar-refractivity contribution is 0.729. The van der Waals surface area contributed by atoms with Crippen molar-refractivity contribution in [3.05, 3.63) is 46.0 Å². The van der Waals surface area contributed by atoms with Crippen LogP contribution in [-0.4, -0.2) is 14.8 Å². The van der Waals surface area contributed by atoms with E-state index >= 15 is 0 Å². The number of aromatic amines is 1. The summed E-state index contributed by atoms with van der Waals surface area (Å²) in [5, 5.41) is 3.13. The number of nitrogens with zero attached hydrogens (tertiary/aromatic N) is 2. The van der Waals surface area contributed by atoms with E-state index in [0.29, 0.717) is 4.77 Å². The van der Waals surface area contributed by atoms with Crippen LogP contribution in [0.4, 0.5) is 0 Å². The lowest BCUT2D eigenvalue weighted by atomic mass is 10.1. The Labute approximate surface area is 100 Å².